The van der Waals surface area contributed by atoms with Crippen molar-refractivity contribution >= 4 is 34.9 Å². The summed E-state index contributed by atoms with van der Waals surface area (Å²) in [6.07, 6.45) is 3.11. The van der Waals surface area contributed by atoms with Crippen LogP contribution in [0.5, 0.6) is 0 Å². The van der Waals surface area contributed by atoms with Crippen LogP contribution >= 0.6 is 34.9 Å². The number of benzene rings is 1. The molecule has 0 aliphatic rings. The van der Waals surface area contributed by atoms with Crippen molar-refractivity contribution in [3.63, 3.8) is 0 Å². The molecule has 0 saturated heterocycles. The molecule has 2 rings (SSSR count). The minimum Gasteiger partial charge on any atom is -0.312 e. The van der Waals surface area contributed by atoms with Gasteiger partial charge in [-0.3, -0.25) is 0 Å². The molecule has 6 heteroatoms. The van der Waals surface area contributed by atoms with E-state index >= 15 is 0 Å². The Morgan fingerprint density at radius 1 is 1.20 bits per heavy atom. The summed E-state index contributed by atoms with van der Waals surface area (Å²) in [5.74, 6) is 0.963. The van der Waals surface area contributed by atoms with Crippen molar-refractivity contribution in [3.8, 4) is 0 Å². The first-order valence-electron chi connectivity index (χ1n) is 6.53. The molecule has 0 spiro atoms. The molecule has 108 valence electrons. The number of nitrogens with one attached hydrogen (secondary N) is 1. The Kier molecular flexibility index (Phi) is 6.35. The maximum Gasteiger partial charge on any atom is 0.175 e. The Balaban J connectivity index is 1.97. The third-order valence-corrected chi connectivity index (χ3v) is 6.20. The summed E-state index contributed by atoms with van der Waals surface area (Å²) in [6, 6.07) is 9.19. The van der Waals surface area contributed by atoms with Gasteiger partial charge in [-0.15, -0.1) is 10.2 Å². The van der Waals surface area contributed by atoms with Gasteiger partial charge < -0.3 is 5.32 Å². The van der Waals surface area contributed by atoms with Gasteiger partial charge in [-0.25, -0.2) is 0 Å². The van der Waals surface area contributed by atoms with Crippen LogP contribution in [0.4, 0.5) is 0 Å². The first-order chi connectivity index (χ1) is 9.76. The van der Waals surface area contributed by atoms with Crippen molar-refractivity contribution in [1.82, 2.24) is 15.5 Å². The molecule has 1 unspecified atom stereocenters. The molecule has 0 fully saturated rings. The molecule has 1 aromatic carbocycles. The number of aryl methyl sites for hydroxylation is 1. The summed E-state index contributed by atoms with van der Waals surface area (Å²) >= 11 is 5.07. The summed E-state index contributed by atoms with van der Waals surface area (Å²) in [4.78, 5) is 0. The molecule has 3 nitrogen and oxygen atoms in total. The largest absolute Gasteiger partial charge is 0.312 e. The van der Waals surface area contributed by atoms with E-state index in [9.17, 15) is 0 Å². The van der Waals surface area contributed by atoms with E-state index in [1.54, 1.807) is 34.9 Å². The van der Waals surface area contributed by atoms with E-state index in [-0.39, 0.29) is 0 Å². The van der Waals surface area contributed by atoms with Crippen LogP contribution in [0.15, 0.2) is 32.9 Å². The number of thioether (sulfide) groups is 2. The predicted molar refractivity (Wildman–Crippen MR) is 90.0 cm³/mol. The normalized spacial score (nSPS) is 12.6. The average Bonchev–Trinajstić information content (AvgIpc) is 2.96. The SMILES string of the molecule is CCc1ccc(C(CSc2nnc(SC)s2)NC)cc1. The van der Waals surface area contributed by atoms with Gasteiger partial charge in [-0.1, -0.05) is 66.0 Å². The Bertz CT molecular complexity index is 525. The van der Waals surface area contributed by atoms with Crippen molar-refractivity contribution < 1.29 is 0 Å². The van der Waals surface area contributed by atoms with Gasteiger partial charge in [0.1, 0.15) is 0 Å². The first kappa shape index (κ1) is 15.8. The molecule has 0 radical (unpaired) electrons. The highest BCUT2D eigenvalue weighted by Gasteiger charge is 2.12. The molecule has 0 saturated carbocycles. The first-order valence-corrected chi connectivity index (χ1v) is 9.56. The summed E-state index contributed by atoms with van der Waals surface area (Å²) in [5, 5.41) is 11.7. The fourth-order valence-electron chi connectivity index (χ4n) is 1.82. The third-order valence-electron chi connectivity index (χ3n) is 3.07. The fraction of sp³-hybridized carbons (Fsp3) is 0.429. The highest BCUT2D eigenvalue weighted by Crippen LogP contribution is 2.30. The molecule has 1 heterocycles. The van der Waals surface area contributed by atoms with E-state index in [0.29, 0.717) is 6.04 Å². The fourth-order valence-corrected chi connectivity index (χ4v) is 4.43. The van der Waals surface area contributed by atoms with Gasteiger partial charge in [0.2, 0.25) is 0 Å². The molecule has 2 aromatic rings. The Morgan fingerprint density at radius 3 is 2.45 bits per heavy atom. The standard InChI is InChI=1S/C14H19N3S3/c1-4-10-5-7-11(8-6-10)12(15-2)9-19-14-17-16-13(18-3)20-14/h5-8,12,15H,4,9H2,1-3H3. The van der Waals surface area contributed by atoms with Crippen molar-refractivity contribution in [2.45, 2.75) is 28.1 Å². The zero-order valence-corrected chi connectivity index (χ0v) is 14.4. The molecule has 0 aliphatic carbocycles. The van der Waals surface area contributed by atoms with Crippen LogP contribution in [0, 0.1) is 0 Å². The monoisotopic (exact) mass is 325 g/mol. The van der Waals surface area contributed by atoms with Crippen LogP contribution in [-0.2, 0) is 6.42 Å². The van der Waals surface area contributed by atoms with Crippen molar-refractivity contribution in [2.75, 3.05) is 19.1 Å². The zero-order valence-electron chi connectivity index (χ0n) is 11.9. The topological polar surface area (TPSA) is 37.8 Å². The molecular formula is C14H19N3S3. The Hall–Kier alpha value is -0.560. The summed E-state index contributed by atoms with van der Waals surface area (Å²) in [6.45, 7) is 2.18. The molecular weight excluding hydrogens is 306 g/mol. The average molecular weight is 326 g/mol. The van der Waals surface area contributed by atoms with Gasteiger partial charge in [-0.2, -0.15) is 0 Å². The van der Waals surface area contributed by atoms with Gasteiger partial charge in [0.15, 0.2) is 8.68 Å². The number of rotatable bonds is 7. The summed E-state index contributed by atoms with van der Waals surface area (Å²) < 4.78 is 2.07. The predicted octanol–water partition coefficient (Wildman–Crippen LogP) is 3.88. The van der Waals surface area contributed by atoms with Gasteiger partial charge in [0.05, 0.1) is 0 Å². The Labute approximate surface area is 133 Å². The molecule has 0 amide bonds. The summed E-state index contributed by atoms with van der Waals surface area (Å²) in [7, 11) is 2.01. The van der Waals surface area contributed by atoms with Gasteiger partial charge in [-0.05, 0) is 30.9 Å². The number of aromatic nitrogens is 2. The van der Waals surface area contributed by atoms with Gasteiger partial charge in [0.25, 0.3) is 0 Å². The van der Waals surface area contributed by atoms with Crippen molar-refractivity contribution in [2.24, 2.45) is 0 Å². The number of hydrogen-bond acceptors (Lipinski definition) is 6. The van der Waals surface area contributed by atoms with Gasteiger partial charge in [0, 0.05) is 11.8 Å². The lowest BCUT2D eigenvalue weighted by atomic mass is 10.1. The van der Waals surface area contributed by atoms with Crippen LogP contribution in [0.1, 0.15) is 24.1 Å². The smallest absolute Gasteiger partial charge is 0.175 e. The van der Waals surface area contributed by atoms with E-state index in [2.05, 4.69) is 46.7 Å². The highest BCUT2D eigenvalue weighted by molar-refractivity contribution is 8.02. The third kappa shape index (κ3) is 4.22. The zero-order chi connectivity index (χ0) is 14.4. The van der Waals surface area contributed by atoms with E-state index in [4.69, 9.17) is 0 Å². The maximum atomic E-state index is 4.20. The van der Waals surface area contributed by atoms with E-state index in [1.165, 1.54) is 11.1 Å². The van der Waals surface area contributed by atoms with Crippen LogP contribution in [0.25, 0.3) is 0 Å². The molecule has 1 aromatic heterocycles. The number of hydrogen-bond donors (Lipinski definition) is 1. The maximum absolute atomic E-state index is 4.20. The van der Waals surface area contributed by atoms with Gasteiger partial charge >= 0.3 is 0 Å². The van der Waals surface area contributed by atoms with Crippen LogP contribution in [0.2, 0.25) is 0 Å². The minimum absolute atomic E-state index is 0.340. The van der Waals surface area contributed by atoms with Crippen LogP contribution in [-0.4, -0.2) is 29.3 Å². The number of nitrogens with zero attached hydrogens (tertiary/aromatic N) is 2. The second-order valence-corrected chi connectivity index (χ2v) is 7.58. The van der Waals surface area contributed by atoms with Crippen molar-refractivity contribution in [1.29, 1.82) is 0 Å². The second kappa shape index (κ2) is 8.02. The molecule has 0 aliphatic heterocycles. The second-order valence-electron chi connectivity index (χ2n) is 4.29. The van der Waals surface area contributed by atoms with Crippen molar-refractivity contribution in [3.05, 3.63) is 35.4 Å². The Morgan fingerprint density at radius 2 is 1.90 bits per heavy atom. The molecule has 0 bridgehead atoms. The lowest BCUT2D eigenvalue weighted by molar-refractivity contribution is 0.661. The molecule has 20 heavy (non-hydrogen) atoms. The molecule has 1 atom stereocenters. The summed E-state index contributed by atoms with van der Waals surface area (Å²) in [5.41, 5.74) is 2.71. The lowest BCUT2D eigenvalue weighted by Gasteiger charge is -2.15. The van der Waals surface area contributed by atoms with E-state index in [1.807, 2.05) is 13.3 Å². The van der Waals surface area contributed by atoms with E-state index < -0.39 is 0 Å². The van der Waals surface area contributed by atoms with Crippen LogP contribution < -0.4 is 5.32 Å². The minimum atomic E-state index is 0.340. The quantitative estimate of drug-likeness (QED) is 0.782. The molecule has 1 N–H and O–H groups in total. The highest BCUT2D eigenvalue weighted by atomic mass is 32.2. The van der Waals surface area contributed by atoms with E-state index in [0.717, 1.165) is 20.9 Å². The van der Waals surface area contributed by atoms with Crippen LogP contribution in [0.3, 0.4) is 0 Å². The lowest BCUT2D eigenvalue weighted by Crippen LogP contribution is -2.18.